The van der Waals surface area contributed by atoms with Gasteiger partial charge in [0.25, 0.3) is 0 Å². The Hall–Kier alpha value is -2.14. The average Bonchev–Trinajstić information content (AvgIpc) is 3.37. The first-order chi connectivity index (χ1) is 14.5. The SMILES string of the molecule is Cc1ccccc1OCCN(C)C(=NCc1nnc(C)n1C)NCCc1cccs1.I. The quantitative estimate of drug-likeness (QED) is 0.248. The summed E-state index contributed by atoms with van der Waals surface area (Å²) < 4.78 is 7.92. The molecule has 1 aromatic carbocycles. The lowest BCUT2D eigenvalue weighted by molar-refractivity contribution is 0.279. The highest BCUT2D eigenvalue weighted by Gasteiger charge is 2.10. The second kappa shape index (κ2) is 12.7. The Labute approximate surface area is 205 Å². The van der Waals surface area contributed by atoms with Gasteiger partial charge < -0.3 is 19.5 Å². The molecule has 0 radical (unpaired) electrons. The van der Waals surface area contributed by atoms with Crippen LogP contribution >= 0.6 is 35.3 Å². The summed E-state index contributed by atoms with van der Waals surface area (Å²) in [6, 6.07) is 12.3. The minimum absolute atomic E-state index is 0. The zero-order valence-electron chi connectivity index (χ0n) is 18.5. The molecule has 31 heavy (non-hydrogen) atoms. The minimum Gasteiger partial charge on any atom is -0.491 e. The number of aliphatic imine (C=N–C) groups is 1. The van der Waals surface area contributed by atoms with Gasteiger partial charge in [-0.05, 0) is 43.3 Å². The monoisotopic (exact) mass is 554 g/mol. The van der Waals surface area contributed by atoms with E-state index in [2.05, 4.69) is 50.9 Å². The summed E-state index contributed by atoms with van der Waals surface area (Å²) in [7, 11) is 3.99. The van der Waals surface area contributed by atoms with Crippen molar-refractivity contribution in [1.82, 2.24) is 25.0 Å². The molecule has 0 fully saturated rings. The summed E-state index contributed by atoms with van der Waals surface area (Å²) in [4.78, 5) is 8.24. The maximum Gasteiger partial charge on any atom is 0.194 e. The van der Waals surface area contributed by atoms with Crippen LogP contribution in [0.4, 0.5) is 0 Å². The number of benzene rings is 1. The maximum absolute atomic E-state index is 5.96. The third kappa shape index (κ3) is 7.49. The van der Waals surface area contributed by atoms with Gasteiger partial charge >= 0.3 is 0 Å². The fourth-order valence-electron chi connectivity index (χ4n) is 2.92. The Balaban J connectivity index is 0.00000341. The molecular weight excluding hydrogens is 523 g/mol. The van der Waals surface area contributed by atoms with Gasteiger partial charge in [0.05, 0.1) is 6.54 Å². The number of nitrogens with one attached hydrogen (secondary N) is 1. The van der Waals surface area contributed by atoms with Crippen LogP contribution in [0.25, 0.3) is 0 Å². The van der Waals surface area contributed by atoms with E-state index in [0.717, 1.165) is 48.4 Å². The number of ether oxygens (including phenoxy) is 1. The number of aryl methyl sites for hydroxylation is 2. The lowest BCUT2D eigenvalue weighted by Gasteiger charge is -2.23. The molecule has 0 saturated carbocycles. The summed E-state index contributed by atoms with van der Waals surface area (Å²) in [6.45, 7) is 6.59. The number of para-hydroxylation sites is 1. The summed E-state index contributed by atoms with van der Waals surface area (Å²) >= 11 is 1.78. The second-order valence-corrected chi connectivity index (χ2v) is 8.19. The third-order valence-electron chi connectivity index (χ3n) is 4.93. The van der Waals surface area contributed by atoms with Gasteiger partial charge in [-0.1, -0.05) is 24.3 Å². The van der Waals surface area contributed by atoms with Crippen LogP contribution in [0, 0.1) is 13.8 Å². The first-order valence-corrected chi connectivity index (χ1v) is 11.0. The number of hydrogen-bond acceptors (Lipinski definition) is 5. The largest absolute Gasteiger partial charge is 0.491 e. The molecule has 0 aliphatic rings. The molecule has 9 heteroatoms. The topological polar surface area (TPSA) is 67.6 Å². The maximum atomic E-state index is 5.96. The normalized spacial score (nSPS) is 11.2. The van der Waals surface area contributed by atoms with E-state index >= 15 is 0 Å². The Kier molecular flexibility index (Phi) is 10.3. The first kappa shape index (κ1) is 25.1. The number of rotatable bonds is 9. The molecule has 7 nitrogen and oxygen atoms in total. The van der Waals surface area contributed by atoms with Gasteiger partial charge in [-0.3, -0.25) is 0 Å². The lowest BCUT2D eigenvalue weighted by Crippen LogP contribution is -2.41. The second-order valence-electron chi connectivity index (χ2n) is 7.15. The molecule has 0 aliphatic carbocycles. The van der Waals surface area contributed by atoms with Gasteiger partial charge in [-0.25, -0.2) is 4.99 Å². The Morgan fingerprint density at radius 3 is 2.68 bits per heavy atom. The van der Waals surface area contributed by atoms with Crippen LogP contribution in [0.1, 0.15) is 22.1 Å². The van der Waals surface area contributed by atoms with Crippen molar-refractivity contribution in [3.63, 3.8) is 0 Å². The van der Waals surface area contributed by atoms with Crippen molar-refractivity contribution in [2.24, 2.45) is 12.0 Å². The number of nitrogens with zero attached hydrogens (tertiary/aromatic N) is 5. The van der Waals surface area contributed by atoms with E-state index in [4.69, 9.17) is 9.73 Å². The van der Waals surface area contributed by atoms with Crippen molar-refractivity contribution in [3.05, 3.63) is 63.9 Å². The third-order valence-corrected chi connectivity index (χ3v) is 5.86. The highest BCUT2D eigenvalue weighted by atomic mass is 127. The van der Waals surface area contributed by atoms with E-state index in [9.17, 15) is 0 Å². The predicted octanol–water partition coefficient (Wildman–Crippen LogP) is 3.81. The van der Waals surface area contributed by atoms with E-state index in [1.165, 1.54) is 4.88 Å². The van der Waals surface area contributed by atoms with Crippen molar-refractivity contribution in [2.75, 3.05) is 26.7 Å². The highest BCUT2D eigenvalue weighted by molar-refractivity contribution is 14.0. The van der Waals surface area contributed by atoms with Crippen LogP contribution in [0.5, 0.6) is 5.75 Å². The van der Waals surface area contributed by atoms with Gasteiger partial charge in [0.2, 0.25) is 0 Å². The van der Waals surface area contributed by atoms with Crippen molar-refractivity contribution in [3.8, 4) is 5.75 Å². The van der Waals surface area contributed by atoms with Crippen LogP contribution in [-0.2, 0) is 20.0 Å². The number of aromatic nitrogens is 3. The van der Waals surface area contributed by atoms with Crippen LogP contribution in [-0.4, -0.2) is 52.4 Å². The summed E-state index contributed by atoms with van der Waals surface area (Å²) in [5.74, 6) is 3.48. The minimum atomic E-state index is 0. The lowest BCUT2D eigenvalue weighted by atomic mass is 10.2. The summed E-state index contributed by atoms with van der Waals surface area (Å²) in [5.41, 5.74) is 1.14. The molecule has 1 N–H and O–H groups in total. The fraction of sp³-hybridized carbons (Fsp3) is 0.409. The highest BCUT2D eigenvalue weighted by Crippen LogP contribution is 2.15. The molecule has 3 aromatic rings. The molecule has 0 unspecified atom stereocenters. The molecular formula is C22H31IN6OS. The first-order valence-electron chi connectivity index (χ1n) is 10.1. The van der Waals surface area contributed by atoms with Gasteiger partial charge in [0.15, 0.2) is 11.8 Å². The molecule has 0 spiro atoms. The van der Waals surface area contributed by atoms with Crippen LogP contribution in [0.3, 0.4) is 0 Å². The average molecular weight is 555 g/mol. The Morgan fingerprint density at radius 1 is 1.19 bits per heavy atom. The van der Waals surface area contributed by atoms with Crippen molar-refractivity contribution in [1.29, 1.82) is 0 Å². The van der Waals surface area contributed by atoms with Crippen LogP contribution in [0.15, 0.2) is 46.8 Å². The smallest absolute Gasteiger partial charge is 0.194 e. The summed E-state index contributed by atoms with van der Waals surface area (Å²) in [5, 5.41) is 13.9. The zero-order valence-corrected chi connectivity index (χ0v) is 21.7. The number of thiophene rings is 1. The molecule has 0 amide bonds. The number of halogens is 1. The molecule has 0 bridgehead atoms. The molecule has 0 saturated heterocycles. The van der Waals surface area contributed by atoms with E-state index in [0.29, 0.717) is 13.2 Å². The molecule has 168 valence electrons. The summed E-state index contributed by atoms with van der Waals surface area (Å²) in [6.07, 6.45) is 0.966. The zero-order chi connectivity index (χ0) is 21.3. The van der Waals surface area contributed by atoms with Gasteiger partial charge in [0, 0.05) is 25.5 Å². The van der Waals surface area contributed by atoms with E-state index in [1.54, 1.807) is 11.3 Å². The van der Waals surface area contributed by atoms with Gasteiger partial charge in [-0.15, -0.1) is 45.5 Å². The molecule has 0 atom stereocenters. The molecule has 2 heterocycles. The van der Waals surface area contributed by atoms with Crippen molar-refractivity contribution in [2.45, 2.75) is 26.8 Å². The van der Waals surface area contributed by atoms with E-state index in [1.807, 2.05) is 43.8 Å². The van der Waals surface area contributed by atoms with Crippen molar-refractivity contribution < 1.29 is 4.74 Å². The number of hydrogen-bond donors (Lipinski definition) is 1. The Bertz CT molecular complexity index is 957. The predicted molar refractivity (Wildman–Crippen MR) is 138 cm³/mol. The van der Waals surface area contributed by atoms with E-state index < -0.39 is 0 Å². The Morgan fingerprint density at radius 2 is 2.00 bits per heavy atom. The number of guanidine groups is 1. The molecule has 0 aliphatic heterocycles. The van der Waals surface area contributed by atoms with Gasteiger partial charge in [0.1, 0.15) is 24.7 Å². The van der Waals surface area contributed by atoms with Crippen LogP contribution < -0.4 is 10.1 Å². The number of likely N-dealkylation sites (N-methyl/N-ethyl adjacent to an activating group) is 1. The standard InChI is InChI=1S/C22H30N6OS.HI/c1-17-8-5-6-10-20(17)29-14-13-27(3)22(23-12-11-19-9-7-15-30-19)24-16-21-26-25-18(2)28(21)4;/h5-10,15H,11-14,16H2,1-4H3,(H,23,24);1H. The van der Waals surface area contributed by atoms with Gasteiger partial charge in [-0.2, -0.15) is 0 Å². The fourth-order valence-corrected chi connectivity index (χ4v) is 3.62. The van der Waals surface area contributed by atoms with Crippen LogP contribution in [0.2, 0.25) is 0 Å². The van der Waals surface area contributed by atoms with Crippen molar-refractivity contribution >= 4 is 41.3 Å². The molecule has 3 rings (SSSR count). The van der Waals surface area contributed by atoms with E-state index in [-0.39, 0.29) is 24.0 Å². The molecule has 2 aromatic heterocycles.